The molecule has 2 aromatic carbocycles. The maximum Gasteiger partial charge on any atom is 0.260 e. The van der Waals surface area contributed by atoms with Crippen LogP contribution >= 0.6 is 12.2 Å². The zero-order chi connectivity index (χ0) is 19.0. The Morgan fingerprint density at radius 3 is 2.85 bits per heavy atom. The number of methoxy groups -OCH3 is 1. The Bertz CT molecular complexity index is 1120. The summed E-state index contributed by atoms with van der Waals surface area (Å²) in [5.74, 6) is 0.453. The van der Waals surface area contributed by atoms with Gasteiger partial charge in [-0.15, -0.1) is 0 Å². The summed E-state index contributed by atoms with van der Waals surface area (Å²) >= 11 is 5.31. The quantitative estimate of drug-likeness (QED) is 0.608. The van der Waals surface area contributed by atoms with Crippen molar-refractivity contribution in [1.29, 1.82) is 0 Å². The molecular weight excluding hydrogens is 362 g/mol. The minimum Gasteiger partial charge on any atom is -0.497 e. The predicted molar refractivity (Wildman–Crippen MR) is 105 cm³/mol. The highest BCUT2D eigenvalue weighted by atomic mass is 32.1. The number of ether oxygens (including phenoxy) is 1. The van der Waals surface area contributed by atoms with Crippen molar-refractivity contribution in [3.63, 3.8) is 0 Å². The second kappa shape index (κ2) is 7.02. The zero-order valence-electron chi connectivity index (χ0n) is 14.7. The van der Waals surface area contributed by atoms with Gasteiger partial charge in [0.2, 0.25) is 5.88 Å². The normalized spacial score (nSPS) is 16.0. The van der Waals surface area contributed by atoms with Crippen LogP contribution in [0.1, 0.15) is 22.7 Å². The average Bonchev–Trinajstić information content (AvgIpc) is 2.68. The van der Waals surface area contributed by atoms with Crippen LogP contribution < -0.4 is 15.6 Å². The zero-order valence-corrected chi connectivity index (χ0v) is 15.5. The molecule has 1 unspecified atom stereocenters. The van der Waals surface area contributed by atoms with Crippen LogP contribution in [0.4, 0.5) is 0 Å². The number of hydrogen-bond acceptors (Lipinski definition) is 5. The first-order chi connectivity index (χ1) is 13.1. The minimum atomic E-state index is -0.411. The molecule has 0 amide bonds. The van der Waals surface area contributed by atoms with E-state index >= 15 is 0 Å². The molecule has 1 atom stereocenters. The van der Waals surface area contributed by atoms with Crippen molar-refractivity contribution in [3.8, 4) is 17.3 Å². The van der Waals surface area contributed by atoms with Crippen molar-refractivity contribution in [1.82, 2.24) is 14.9 Å². The average molecular weight is 381 g/mol. The molecule has 0 aliphatic carbocycles. The SMILES string of the molecule is COc1cccc(-n2c(O)c(C3NCCc4ccccc43)c(=O)[nH]c2=S)c1. The number of aromatic amines is 1. The summed E-state index contributed by atoms with van der Waals surface area (Å²) in [4.78, 5) is 15.4. The van der Waals surface area contributed by atoms with Crippen LogP contribution in [0.5, 0.6) is 11.6 Å². The molecule has 0 spiro atoms. The maximum atomic E-state index is 12.7. The molecule has 2 heterocycles. The topological polar surface area (TPSA) is 79.3 Å². The maximum absolute atomic E-state index is 12.7. The molecule has 1 aliphatic heterocycles. The van der Waals surface area contributed by atoms with E-state index in [-0.39, 0.29) is 16.2 Å². The Labute approximate surface area is 161 Å². The van der Waals surface area contributed by atoms with E-state index in [4.69, 9.17) is 17.0 Å². The van der Waals surface area contributed by atoms with Crippen LogP contribution in [0.3, 0.4) is 0 Å². The van der Waals surface area contributed by atoms with Crippen LogP contribution in [-0.4, -0.2) is 28.3 Å². The minimum absolute atomic E-state index is 0.124. The van der Waals surface area contributed by atoms with Gasteiger partial charge in [-0.2, -0.15) is 0 Å². The van der Waals surface area contributed by atoms with Crippen molar-refractivity contribution in [2.24, 2.45) is 0 Å². The summed E-state index contributed by atoms with van der Waals surface area (Å²) in [7, 11) is 1.57. The fraction of sp³-hybridized carbons (Fsp3) is 0.200. The number of benzene rings is 2. The van der Waals surface area contributed by atoms with E-state index in [0.29, 0.717) is 11.4 Å². The van der Waals surface area contributed by atoms with Crippen molar-refractivity contribution in [2.45, 2.75) is 12.5 Å². The van der Waals surface area contributed by atoms with E-state index in [2.05, 4.69) is 10.3 Å². The molecule has 138 valence electrons. The summed E-state index contributed by atoms with van der Waals surface area (Å²) in [5.41, 5.74) is 2.61. The van der Waals surface area contributed by atoms with Crippen LogP contribution in [0.25, 0.3) is 5.69 Å². The molecule has 4 rings (SSSR count). The highest BCUT2D eigenvalue weighted by Gasteiger charge is 2.28. The third kappa shape index (κ3) is 3.05. The highest BCUT2D eigenvalue weighted by Crippen LogP contribution is 2.32. The van der Waals surface area contributed by atoms with E-state index in [1.807, 2.05) is 24.3 Å². The number of aromatic hydroxyl groups is 1. The van der Waals surface area contributed by atoms with E-state index in [1.165, 1.54) is 4.57 Å². The largest absolute Gasteiger partial charge is 0.497 e. The number of fused-ring (bicyclic) bond motifs is 1. The van der Waals surface area contributed by atoms with Gasteiger partial charge in [-0.05, 0) is 41.9 Å². The third-order valence-electron chi connectivity index (χ3n) is 4.83. The number of hydrogen-bond donors (Lipinski definition) is 3. The number of nitrogens with zero attached hydrogens (tertiary/aromatic N) is 1. The van der Waals surface area contributed by atoms with E-state index in [1.54, 1.807) is 31.4 Å². The molecule has 7 heteroatoms. The van der Waals surface area contributed by atoms with Gasteiger partial charge < -0.3 is 15.2 Å². The summed E-state index contributed by atoms with van der Waals surface area (Å²) in [5, 5.41) is 14.4. The summed E-state index contributed by atoms with van der Waals surface area (Å²) in [6.07, 6.45) is 0.875. The molecule has 3 aromatic rings. The molecule has 6 nitrogen and oxygen atoms in total. The molecule has 1 aliphatic rings. The van der Waals surface area contributed by atoms with Crippen molar-refractivity contribution in [3.05, 3.63) is 80.3 Å². The van der Waals surface area contributed by atoms with Crippen LogP contribution in [-0.2, 0) is 6.42 Å². The molecule has 1 aromatic heterocycles. The van der Waals surface area contributed by atoms with Gasteiger partial charge in [0.15, 0.2) is 4.77 Å². The van der Waals surface area contributed by atoms with Gasteiger partial charge in [0.05, 0.1) is 24.4 Å². The summed E-state index contributed by atoms with van der Waals surface area (Å²) in [6.45, 7) is 0.718. The Balaban J connectivity index is 1.94. The lowest BCUT2D eigenvalue weighted by Crippen LogP contribution is -2.35. The van der Waals surface area contributed by atoms with E-state index in [0.717, 1.165) is 24.1 Å². The van der Waals surface area contributed by atoms with Crippen molar-refractivity contribution >= 4 is 12.2 Å². The van der Waals surface area contributed by atoms with Gasteiger partial charge in [0, 0.05) is 12.6 Å². The second-order valence-electron chi connectivity index (χ2n) is 6.37. The van der Waals surface area contributed by atoms with Gasteiger partial charge in [-0.25, -0.2) is 0 Å². The first kappa shape index (κ1) is 17.5. The number of H-pyrrole nitrogens is 1. The van der Waals surface area contributed by atoms with Crippen LogP contribution in [0.15, 0.2) is 53.3 Å². The molecule has 0 saturated heterocycles. The van der Waals surface area contributed by atoms with Gasteiger partial charge in [0.1, 0.15) is 5.75 Å². The Morgan fingerprint density at radius 1 is 1.22 bits per heavy atom. The fourth-order valence-corrected chi connectivity index (χ4v) is 3.83. The Kier molecular flexibility index (Phi) is 4.55. The first-order valence-electron chi connectivity index (χ1n) is 8.64. The summed E-state index contributed by atoms with van der Waals surface area (Å²) in [6, 6.07) is 14.7. The Hall–Kier alpha value is -2.90. The predicted octanol–water partition coefficient (Wildman–Crippen LogP) is 2.84. The van der Waals surface area contributed by atoms with Crippen molar-refractivity contribution < 1.29 is 9.84 Å². The van der Waals surface area contributed by atoms with Crippen LogP contribution in [0.2, 0.25) is 0 Å². The standard InChI is InChI=1S/C20H19N3O3S/c1-26-14-7-4-6-13(11-14)23-19(25)16(18(24)22-20(23)27)17-15-8-3-2-5-12(15)9-10-21-17/h2-8,11,17,21,25H,9-10H2,1H3,(H,22,24,27). The first-order valence-corrected chi connectivity index (χ1v) is 9.05. The molecular formula is C20H19N3O3S. The van der Waals surface area contributed by atoms with Crippen LogP contribution in [0, 0.1) is 4.77 Å². The number of aromatic nitrogens is 2. The monoisotopic (exact) mass is 381 g/mol. The molecule has 0 bridgehead atoms. The molecule has 0 radical (unpaired) electrons. The third-order valence-corrected chi connectivity index (χ3v) is 5.11. The van der Waals surface area contributed by atoms with E-state index in [9.17, 15) is 9.90 Å². The van der Waals surface area contributed by atoms with Gasteiger partial charge in [-0.3, -0.25) is 14.3 Å². The van der Waals surface area contributed by atoms with Gasteiger partial charge >= 0.3 is 0 Å². The number of nitrogens with one attached hydrogen (secondary N) is 2. The lowest BCUT2D eigenvalue weighted by atomic mass is 9.90. The second-order valence-corrected chi connectivity index (χ2v) is 6.76. The Morgan fingerprint density at radius 2 is 2.04 bits per heavy atom. The van der Waals surface area contributed by atoms with Gasteiger partial charge in [0.25, 0.3) is 5.56 Å². The summed E-state index contributed by atoms with van der Waals surface area (Å²) < 4.78 is 6.84. The molecule has 0 fully saturated rings. The lowest BCUT2D eigenvalue weighted by molar-refractivity contribution is 0.408. The van der Waals surface area contributed by atoms with Crippen molar-refractivity contribution in [2.75, 3.05) is 13.7 Å². The van der Waals surface area contributed by atoms with E-state index < -0.39 is 11.6 Å². The molecule has 27 heavy (non-hydrogen) atoms. The van der Waals surface area contributed by atoms with Gasteiger partial charge in [-0.1, -0.05) is 30.3 Å². The molecule has 3 N–H and O–H groups in total. The highest BCUT2D eigenvalue weighted by molar-refractivity contribution is 7.71. The molecule has 0 saturated carbocycles. The number of rotatable bonds is 3. The smallest absolute Gasteiger partial charge is 0.260 e. The fourth-order valence-electron chi connectivity index (χ4n) is 3.55. The lowest BCUT2D eigenvalue weighted by Gasteiger charge is -2.27.